The summed E-state index contributed by atoms with van der Waals surface area (Å²) in [6.07, 6.45) is 0.945. The standard InChI is InChI=1S/C70H53N3/c1-3-70(2)64-46-55(51-22-12-6-13-23-51)34-43-68(64)73(60-40-30-53(31-41-60)50-20-10-5-11-21-50)69-44-35-56(47-65(69)70)54-32-38-59(39-33-54)71(58-36-28-52(29-37-58)49-18-8-4-9-19-49)61-42-45-67-63(48-61)62-26-16-17-27-66(62)72(67)57-24-14-7-15-25-57/h4-48H,3H2,1-2H3. The Morgan fingerprint density at radius 3 is 1.25 bits per heavy atom. The lowest BCUT2D eigenvalue weighted by atomic mass is 9.69. The molecule has 13 rings (SSSR count). The summed E-state index contributed by atoms with van der Waals surface area (Å²) >= 11 is 0. The first-order valence-electron chi connectivity index (χ1n) is 25.5. The van der Waals surface area contributed by atoms with Gasteiger partial charge in [-0.15, -0.1) is 0 Å². The van der Waals surface area contributed by atoms with E-state index in [1.54, 1.807) is 0 Å². The zero-order valence-corrected chi connectivity index (χ0v) is 41.0. The van der Waals surface area contributed by atoms with E-state index in [2.05, 4.69) is 301 Å². The quantitative estimate of drug-likeness (QED) is 0.135. The molecule has 0 fully saturated rings. The van der Waals surface area contributed by atoms with Crippen LogP contribution in [-0.4, -0.2) is 4.57 Å². The first-order valence-corrected chi connectivity index (χ1v) is 25.5. The zero-order chi connectivity index (χ0) is 48.9. The fourth-order valence-electron chi connectivity index (χ4n) is 11.3. The van der Waals surface area contributed by atoms with Crippen LogP contribution in [0.3, 0.4) is 0 Å². The monoisotopic (exact) mass is 935 g/mol. The van der Waals surface area contributed by atoms with Crippen LogP contribution in [0.25, 0.3) is 72.0 Å². The van der Waals surface area contributed by atoms with Gasteiger partial charge in [-0.2, -0.15) is 0 Å². The lowest BCUT2D eigenvalue weighted by Crippen LogP contribution is -2.32. The molecule has 0 aliphatic carbocycles. The Morgan fingerprint density at radius 1 is 0.329 bits per heavy atom. The van der Waals surface area contributed by atoms with Crippen molar-refractivity contribution >= 4 is 55.9 Å². The van der Waals surface area contributed by atoms with Crippen molar-refractivity contribution in [1.82, 2.24) is 4.57 Å². The van der Waals surface area contributed by atoms with Crippen LogP contribution in [0, 0.1) is 0 Å². The number of fused-ring (bicyclic) bond motifs is 5. The van der Waals surface area contributed by atoms with Gasteiger partial charge in [0.05, 0.1) is 22.4 Å². The van der Waals surface area contributed by atoms with Crippen molar-refractivity contribution < 1.29 is 0 Å². The van der Waals surface area contributed by atoms with Crippen molar-refractivity contribution in [2.24, 2.45) is 0 Å². The highest BCUT2D eigenvalue weighted by Gasteiger charge is 2.39. The first kappa shape index (κ1) is 43.8. The Bertz CT molecular complexity index is 3920. The van der Waals surface area contributed by atoms with Crippen molar-refractivity contribution in [2.75, 3.05) is 9.80 Å². The fraction of sp³-hybridized carbons (Fsp3) is 0.0571. The Kier molecular flexibility index (Phi) is 10.9. The van der Waals surface area contributed by atoms with E-state index < -0.39 is 0 Å². The van der Waals surface area contributed by atoms with Crippen LogP contribution in [-0.2, 0) is 5.41 Å². The maximum atomic E-state index is 2.48. The highest BCUT2D eigenvalue weighted by atomic mass is 15.2. The molecule has 0 spiro atoms. The van der Waals surface area contributed by atoms with Crippen molar-refractivity contribution in [3.63, 3.8) is 0 Å². The number of anilines is 6. The molecule has 3 nitrogen and oxygen atoms in total. The van der Waals surface area contributed by atoms with Crippen LogP contribution in [0.4, 0.5) is 34.1 Å². The molecule has 0 bridgehead atoms. The Morgan fingerprint density at radius 2 is 0.726 bits per heavy atom. The van der Waals surface area contributed by atoms with Gasteiger partial charge in [0.15, 0.2) is 0 Å². The molecule has 1 aliphatic heterocycles. The molecule has 348 valence electrons. The third kappa shape index (κ3) is 7.69. The number of para-hydroxylation sites is 2. The van der Waals surface area contributed by atoms with E-state index in [9.17, 15) is 0 Å². The normalized spacial score (nSPS) is 14.0. The topological polar surface area (TPSA) is 11.4 Å². The Hall–Kier alpha value is -9.18. The molecule has 1 unspecified atom stereocenters. The highest BCUT2D eigenvalue weighted by molar-refractivity contribution is 6.10. The maximum absolute atomic E-state index is 2.48. The Labute approximate surface area is 428 Å². The summed E-state index contributed by atoms with van der Waals surface area (Å²) in [4.78, 5) is 4.88. The third-order valence-electron chi connectivity index (χ3n) is 15.3. The molecule has 0 saturated heterocycles. The summed E-state index contributed by atoms with van der Waals surface area (Å²) in [5.41, 5.74) is 22.4. The predicted octanol–water partition coefficient (Wildman–Crippen LogP) is 19.4. The molecule has 2 heterocycles. The molecule has 3 heteroatoms. The van der Waals surface area contributed by atoms with Gasteiger partial charge in [-0.05, 0) is 159 Å². The lowest BCUT2D eigenvalue weighted by Gasteiger charge is -2.44. The molecular weight excluding hydrogens is 883 g/mol. The number of hydrogen-bond acceptors (Lipinski definition) is 2. The van der Waals surface area contributed by atoms with E-state index in [1.807, 2.05) is 0 Å². The molecule has 12 aromatic rings. The minimum Gasteiger partial charge on any atom is -0.310 e. The van der Waals surface area contributed by atoms with E-state index in [-0.39, 0.29) is 5.41 Å². The molecule has 1 aromatic heterocycles. The first-order chi connectivity index (χ1) is 36.0. The second-order valence-corrected chi connectivity index (χ2v) is 19.4. The Balaban J connectivity index is 0.922. The van der Waals surface area contributed by atoms with Crippen molar-refractivity contribution in [2.45, 2.75) is 25.7 Å². The summed E-state index contributed by atoms with van der Waals surface area (Å²) in [5, 5.41) is 2.44. The largest absolute Gasteiger partial charge is 0.310 e. The maximum Gasteiger partial charge on any atom is 0.0542 e. The average Bonchev–Trinajstić information content (AvgIpc) is 3.80. The van der Waals surface area contributed by atoms with Gasteiger partial charge in [0.1, 0.15) is 0 Å². The number of nitrogens with zero attached hydrogens (tertiary/aromatic N) is 3. The zero-order valence-electron chi connectivity index (χ0n) is 41.0. The minimum absolute atomic E-state index is 0.253. The average molecular weight is 936 g/mol. The summed E-state index contributed by atoms with van der Waals surface area (Å²) < 4.78 is 2.38. The SMILES string of the molecule is CCC1(C)c2cc(-c3ccccc3)ccc2N(c2ccc(-c3ccccc3)cc2)c2ccc(-c3ccc(N(c4ccc(-c5ccccc5)cc4)c4ccc5c(c4)c4ccccc4n5-c4ccccc4)cc3)cc21. The van der Waals surface area contributed by atoms with Crippen LogP contribution in [0.2, 0.25) is 0 Å². The van der Waals surface area contributed by atoms with E-state index >= 15 is 0 Å². The molecule has 1 aliphatic rings. The number of hydrogen-bond donors (Lipinski definition) is 0. The van der Waals surface area contributed by atoms with Crippen molar-refractivity contribution in [1.29, 1.82) is 0 Å². The molecule has 0 N–H and O–H groups in total. The van der Waals surface area contributed by atoms with Gasteiger partial charge in [0.2, 0.25) is 0 Å². The molecule has 0 amide bonds. The van der Waals surface area contributed by atoms with E-state index in [0.717, 1.165) is 34.9 Å². The van der Waals surface area contributed by atoms with E-state index in [1.165, 1.54) is 88.8 Å². The second-order valence-electron chi connectivity index (χ2n) is 19.4. The lowest BCUT2D eigenvalue weighted by molar-refractivity contribution is 0.544. The van der Waals surface area contributed by atoms with Gasteiger partial charge in [-0.1, -0.05) is 190 Å². The van der Waals surface area contributed by atoms with Crippen molar-refractivity contribution in [3.05, 3.63) is 284 Å². The van der Waals surface area contributed by atoms with Crippen LogP contribution < -0.4 is 9.80 Å². The van der Waals surface area contributed by atoms with Crippen molar-refractivity contribution in [3.8, 4) is 50.2 Å². The molecule has 0 saturated carbocycles. The fourth-order valence-corrected chi connectivity index (χ4v) is 11.3. The van der Waals surface area contributed by atoms with Gasteiger partial charge >= 0.3 is 0 Å². The smallest absolute Gasteiger partial charge is 0.0542 e. The summed E-state index contributed by atoms with van der Waals surface area (Å²) in [6.45, 7) is 4.78. The number of benzene rings is 11. The van der Waals surface area contributed by atoms with Crippen LogP contribution in [0.5, 0.6) is 0 Å². The van der Waals surface area contributed by atoms with E-state index in [4.69, 9.17) is 0 Å². The molecule has 11 aromatic carbocycles. The molecule has 1 atom stereocenters. The number of aromatic nitrogens is 1. The van der Waals surface area contributed by atoms with Gasteiger partial charge in [-0.25, -0.2) is 0 Å². The summed E-state index contributed by atoms with van der Waals surface area (Å²) in [7, 11) is 0. The predicted molar refractivity (Wildman–Crippen MR) is 309 cm³/mol. The van der Waals surface area contributed by atoms with Gasteiger partial charge in [0, 0.05) is 44.6 Å². The molecular formula is C70H53N3. The molecule has 0 radical (unpaired) electrons. The van der Waals surface area contributed by atoms with E-state index in [0.29, 0.717) is 0 Å². The van der Waals surface area contributed by atoms with Crippen LogP contribution >= 0.6 is 0 Å². The summed E-state index contributed by atoms with van der Waals surface area (Å²) in [6, 6.07) is 99.9. The highest BCUT2D eigenvalue weighted by Crippen LogP contribution is 2.55. The van der Waals surface area contributed by atoms with Gasteiger partial charge in [-0.3, -0.25) is 0 Å². The van der Waals surface area contributed by atoms with Crippen LogP contribution in [0.1, 0.15) is 31.4 Å². The third-order valence-corrected chi connectivity index (χ3v) is 15.3. The van der Waals surface area contributed by atoms with Gasteiger partial charge in [0.25, 0.3) is 0 Å². The minimum atomic E-state index is -0.253. The summed E-state index contributed by atoms with van der Waals surface area (Å²) in [5.74, 6) is 0. The molecule has 73 heavy (non-hydrogen) atoms. The van der Waals surface area contributed by atoms with Crippen LogP contribution in [0.15, 0.2) is 273 Å². The van der Waals surface area contributed by atoms with Gasteiger partial charge < -0.3 is 14.4 Å². The number of rotatable bonds is 10. The second kappa shape index (κ2) is 18.2.